The van der Waals surface area contributed by atoms with Crippen molar-refractivity contribution in [3.63, 3.8) is 0 Å². The second-order valence-corrected chi connectivity index (χ2v) is 4.86. The van der Waals surface area contributed by atoms with Crippen molar-refractivity contribution in [2.75, 3.05) is 6.54 Å². The van der Waals surface area contributed by atoms with Crippen LogP contribution in [0.15, 0.2) is 18.3 Å². The average molecular weight is 241 g/mol. The smallest absolute Gasteiger partial charge is 0.0758 e. The van der Waals surface area contributed by atoms with Crippen molar-refractivity contribution < 1.29 is 0 Å². The first-order valence-electron chi connectivity index (χ1n) is 5.99. The maximum Gasteiger partial charge on any atom is 0.0758 e. The van der Waals surface area contributed by atoms with Gasteiger partial charge in [-0.3, -0.25) is 4.98 Å². The molecule has 1 rings (SSSR count). The summed E-state index contributed by atoms with van der Waals surface area (Å²) in [6.45, 7) is 7.53. The van der Waals surface area contributed by atoms with Gasteiger partial charge >= 0.3 is 0 Å². The van der Waals surface area contributed by atoms with Crippen LogP contribution < -0.4 is 5.32 Å². The quantitative estimate of drug-likeness (QED) is 0.818. The number of rotatable bonds is 6. The summed E-state index contributed by atoms with van der Waals surface area (Å²) in [6, 6.07) is 4.06. The van der Waals surface area contributed by atoms with E-state index in [0.29, 0.717) is 5.92 Å². The van der Waals surface area contributed by atoms with Crippen LogP contribution in [0.25, 0.3) is 0 Å². The van der Waals surface area contributed by atoms with Gasteiger partial charge in [0.1, 0.15) is 0 Å². The molecule has 0 saturated carbocycles. The predicted molar refractivity (Wildman–Crippen MR) is 69.7 cm³/mol. The number of nitrogens with one attached hydrogen (secondary N) is 1. The lowest BCUT2D eigenvalue weighted by Gasteiger charge is -2.19. The van der Waals surface area contributed by atoms with Gasteiger partial charge in [0.2, 0.25) is 0 Å². The maximum atomic E-state index is 6.17. The van der Waals surface area contributed by atoms with E-state index in [4.69, 9.17) is 11.6 Å². The fourth-order valence-electron chi connectivity index (χ4n) is 1.74. The molecule has 0 spiro atoms. The van der Waals surface area contributed by atoms with Crippen LogP contribution >= 0.6 is 11.6 Å². The van der Waals surface area contributed by atoms with Gasteiger partial charge in [0.25, 0.3) is 0 Å². The molecule has 1 aromatic heterocycles. The number of pyridine rings is 1. The molecule has 0 bridgehead atoms. The maximum absolute atomic E-state index is 6.17. The van der Waals surface area contributed by atoms with E-state index in [2.05, 4.69) is 31.1 Å². The van der Waals surface area contributed by atoms with E-state index in [1.807, 2.05) is 12.1 Å². The van der Waals surface area contributed by atoms with Crippen molar-refractivity contribution in [1.82, 2.24) is 10.3 Å². The van der Waals surface area contributed by atoms with Crippen LogP contribution in [0.5, 0.6) is 0 Å². The van der Waals surface area contributed by atoms with Crippen LogP contribution in [0.4, 0.5) is 0 Å². The Morgan fingerprint density at radius 3 is 2.69 bits per heavy atom. The van der Waals surface area contributed by atoms with E-state index in [-0.39, 0.29) is 6.04 Å². The number of hydrogen-bond acceptors (Lipinski definition) is 2. The minimum absolute atomic E-state index is 0.279. The number of nitrogens with zero attached hydrogens (tertiary/aromatic N) is 1. The highest BCUT2D eigenvalue weighted by atomic mass is 35.5. The Morgan fingerprint density at radius 1 is 1.38 bits per heavy atom. The normalized spacial score (nSPS) is 13.1. The summed E-state index contributed by atoms with van der Waals surface area (Å²) in [7, 11) is 0. The van der Waals surface area contributed by atoms with Crippen LogP contribution in [0.2, 0.25) is 5.02 Å². The zero-order chi connectivity index (χ0) is 12.0. The molecule has 16 heavy (non-hydrogen) atoms. The van der Waals surface area contributed by atoms with E-state index in [1.165, 1.54) is 6.42 Å². The van der Waals surface area contributed by atoms with Crippen molar-refractivity contribution in [2.24, 2.45) is 5.92 Å². The summed E-state index contributed by atoms with van der Waals surface area (Å²) < 4.78 is 0. The molecule has 0 amide bonds. The van der Waals surface area contributed by atoms with Gasteiger partial charge in [0.15, 0.2) is 0 Å². The van der Waals surface area contributed by atoms with Crippen LogP contribution in [-0.4, -0.2) is 11.5 Å². The summed E-state index contributed by atoms with van der Waals surface area (Å²) in [5.74, 6) is 0.712. The molecule has 90 valence electrons. The van der Waals surface area contributed by atoms with Gasteiger partial charge in [-0.05, 0) is 37.4 Å². The summed E-state index contributed by atoms with van der Waals surface area (Å²) in [4.78, 5) is 4.38. The van der Waals surface area contributed by atoms with Crippen LogP contribution in [-0.2, 0) is 0 Å². The van der Waals surface area contributed by atoms with Gasteiger partial charge in [-0.15, -0.1) is 0 Å². The first-order valence-corrected chi connectivity index (χ1v) is 6.36. The van der Waals surface area contributed by atoms with Gasteiger partial charge < -0.3 is 5.32 Å². The monoisotopic (exact) mass is 240 g/mol. The third kappa shape index (κ3) is 4.11. The van der Waals surface area contributed by atoms with Gasteiger partial charge in [-0.1, -0.05) is 32.4 Å². The summed E-state index contributed by atoms with van der Waals surface area (Å²) in [5, 5.41) is 4.21. The number of aromatic nitrogens is 1. The minimum atomic E-state index is 0.279. The zero-order valence-corrected chi connectivity index (χ0v) is 11.1. The van der Waals surface area contributed by atoms with Crippen molar-refractivity contribution >= 4 is 11.6 Å². The predicted octanol–water partition coefficient (Wildman–Crippen LogP) is 3.82. The SMILES string of the molecule is CCNC(CCC(C)C)c1ncccc1Cl. The van der Waals surface area contributed by atoms with Crippen LogP contribution in [0.1, 0.15) is 45.3 Å². The molecule has 0 fully saturated rings. The Kier molecular flexibility index (Phi) is 5.78. The highest BCUT2D eigenvalue weighted by molar-refractivity contribution is 6.31. The molecule has 0 aromatic carbocycles. The highest BCUT2D eigenvalue weighted by Crippen LogP contribution is 2.25. The molecule has 1 unspecified atom stereocenters. The Labute approximate surface area is 103 Å². The van der Waals surface area contributed by atoms with E-state index < -0.39 is 0 Å². The molecule has 0 saturated heterocycles. The molecular formula is C13H21ClN2. The molecule has 1 atom stereocenters. The molecular weight excluding hydrogens is 220 g/mol. The van der Waals surface area contributed by atoms with Crippen molar-refractivity contribution in [3.8, 4) is 0 Å². The molecule has 1 heterocycles. The summed E-state index contributed by atoms with van der Waals surface area (Å²) >= 11 is 6.17. The van der Waals surface area contributed by atoms with Gasteiger partial charge in [-0.25, -0.2) is 0 Å². The Morgan fingerprint density at radius 2 is 2.12 bits per heavy atom. The zero-order valence-electron chi connectivity index (χ0n) is 10.3. The Hall–Kier alpha value is -0.600. The lowest BCUT2D eigenvalue weighted by atomic mass is 10.0. The molecule has 0 aliphatic rings. The first kappa shape index (κ1) is 13.5. The second-order valence-electron chi connectivity index (χ2n) is 4.45. The third-order valence-electron chi connectivity index (χ3n) is 2.60. The first-order chi connectivity index (χ1) is 7.65. The average Bonchev–Trinajstić information content (AvgIpc) is 2.25. The van der Waals surface area contributed by atoms with Crippen molar-refractivity contribution in [1.29, 1.82) is 0 Å². The standard InChI is InChI=1S/C13H21ClN2/c1-4-15-12(8-7-10(2)3)13-11(14)6-5-9-16-13/h5-6,9-10,12,15H,4,7-8H2,1-3H3. The fraction of sp³-hybridized carbons (Fsp3) is 0.615. The molecule has 1 N–H and O–H groups in total. The lowest BCUT2D eigenvalue weighted by Crippen LogP contribution is -2.22. The summed E-state index contributed by atoms with van der Waals surface area (Å²) in [6.07, 6.45) is 4.08. The third-order valence-corrected chi connectivity index (χ3v) is 2.92. The van der Waals surface area contributed by atoms with Gasteiger partial charge in [0, 0.05) is 6.20 Å². The molecule has 0 aliphatic heterocycles. The topological polar surface area (TPSA) is 24.9 Å². The van der Waals surface area contributed by atoms with E-state index in [1.54, 1.807) is 6.20 Å². The Balaban J connectivity index is 2.73. The van der Waals surface area contributed by atoms with E-state index >= 15 is 0 Å². The van der Waals surface area contributed by atoms with Gasteiger partial charge in [0.05, 0.1) is 16.8 Å². The summed E-state index contributed by atoms with van der Waals surface area (Å²) in [5.41, 5.74) is 0.978. The molecule has 3 heteroatoms. The lowest BCUT2D eigenvalue weighted by molar-refractivity contribution is 0.442. The largest absolute Gasteiger partial charge is 0.309 e. The van der Waals surface area contributed by atoms with Crippen molar-refractivity contribution in [3.05, 3.63) is 29.0 Å². The van der Waals surface area contributed by atoms with Gasteiger partial charge in [-0.2, -0.15) is 0 Å². The minimum Gasteiger partial charge on any atom is -0.309 e. The number of halogens is 1. The van der Waals surface area contributed by atoms with Crippen molar-refractivity contribution in [2.45, 2.75) is 39.7 Å². The van der Waals surface area contributed by atoms with E-state index in [9.17, 15) is 0 Å². The second kappa shape index (κ2) is 6.87. The molecule has 0 aliphatic carbocycles. The van der Waals surface area contributed by atoms with Crippen LogP contribution in [0, 0.1) is 5.92 Å². The highest BCUT2D eigenvalue weighted by Gasteiger charge is 2.15. The molecule has 0 radical (unpaired) electrons. The number of hydrogen-bond donors (Lipinski definition) is 1. The Bertz CT molecular complexity index is 313. The molecule has 2 nitrogen and oxygen atoms in total. The van der Waals surface area contributed by atoms with Crippen LogP contribution in [0.3, 0.4) is 0 Å². The molecule has 1 aromatic rings. The van der Waals surface area contributed by atoms with E-state index in [0.717, 1.165) is 23.7 Å². The fourth-order valence-corrected chi connectivity index (χ4v) is 1.99.